The van der Waals surface area contributed by atoms with Crippen LogP contribution < -0.4 is 0 Å². The summed E-state index contributed by atoms with van der Waals surface area (Å²) in [4.78, 5) is 0. The van der Waals surface area contributed by atoms with Gasteiger partial charge in [0.25, 0.3) is 0 Å². The van der Waals surface area contributed by atoms with Crippen LogP contribution in [0.15, 0.2) is 12.2 Å². The Morgan fingerprint density at radius 3 is 2.67 bits per heavy atom. The van der Waals surface area contributed by atoms with Crippen molar-refractivity contribution >= 4 is 0 Å². The van der Waals surface area contributed by atoms with Crippen LogP contribution in [0.5, 0.6) is 0 Å². The maximum atomic E-state index is 8.99. The standard InChI is InChI=1S/C10H18O2/c11-8-10(12)5-3-1-2-4-9-6-7-9/h1-2,9-12H,3-8H2/b2-1+. The van der Waals surface area contributed by atoms with E-state index in [-0.39, 0.29) is 6.61 Å². The lowest BCUT2D eigenvalue weighted by atomic mass is 10.2. The summed E-state index contributed by atoms with van der Waals surface area (Å²) >= 11 is 0. The number of hydrogen-bond acceptors (Lipinski definition) is 2. The molecule has 0 aromatic heterocycles. The summed E-state index contributed by atoms with van der Waals surface area (Å²) in [5.41, 5.74) is 0. The second kappa shape index (κ2) is 5.33. The van der Waals surface area contributed by atoms with Crippen molar-refractivity contribution in [1.82, 2.24) is 0 Å². The summed E-state index contributed by atoms with van der Waals surface area (Å²) in [6.45, 7) is -0.115. The Labute approximate surface area is 73.9 Å². The van der Waals surface area contributed by atoms with Crippen LogP contribution in [0.4, 0.5) is 0 Å². The zero-order valence-corrected chi connectivity index (χ0v) is 7.45. The fourth-order valence-corrected chi connectivity index (χ4v) is 1.14. The van der Waals surface area contributed by atoms with Crippen LogP contribution in [0.3, 0.4) is 0 Å². The van der Waals surface area contributed by atoms with E-state index < -0.39 is 6.10 Å². The minimum Gasteiger partial charge on any atom is -0.394 e. The molecule has 12 heavy (non-hydrogen) atoms. The first-order valence-electron chi connectivity index (χ1n) is 4.77. The van der Waals surface area contributed by atoms with Gasteiger partial charge in [-0.25, -0.2) is 0 Å². The molecule has 0 aromatic carbocycles. The number of rotatable bonds is 6. The molecule has 0 aromatic rings. The van der Waals surface area contributed by atoms with Crippen molar-refractivity contribution in [3.8, 4) is 0 Å². The molecule has 0 saturated heterocycles. The smallest absolute Gasteiger partial charge is 0.0773 e. The average molecular weight is 170 g/mol. The molecule has 0 aliphatic heterocycles. The van der Waals surface area contributed by atoms with Gasteiger partial charge in [0, 0.05) is 0 Å². The molecule has 0 amide bonds. The van der Waals surface area contributed by atoms with Crippen LogP contribution in [0, 0.1) is 5.92 Å². The van der Waals surface area contributed by atoms with Crippen molar-refractivity contribution < 1.29 is 10.2 Å². The number of aliphatic hydroxyl groups excluding tert-OH is 2. The maximum absolute atomic E-state index is 8.99. The van der Waals surface area contributed by atoms with Gasteiger partial charge in [-0.15, -0.1) is 0 Å². The summed E-state index contributed by atoms with van der Waals surface area (Å²) in [6.07, 6.45) is 9.32. The number of aliphatic hydroxyl groups is 2. The molecule has 1 saturated carbocycles. The van der Waals surface area contributed by atoms with Gasteiger partial charge in [-0.1, -0.05) is 12.2 Å². The molecule has 1 fully saturated rings. The van der Waals surface area contributed by atoms with Gasteiger partial charge in [0.15, 0.2) is 0 Å². The lowest BCUT2D eigenvalue weighted by Gasteiger charge is -2.02. The Kier molecular flexibility index (Phi) is 4.33. The van der Waals surface area contributed by atoms with Crippen LogP contribution in [-0.4, -0.2) is 22.9 Å². The Bertz CT molecular complexity index is 139. The van der Waals surface area contributed by atoms with Gasteiger partial charge in [0.1, 0.15) is 0 Å². The van der Waals surface area contributed by atoms with E-state index in [1.807, 2.05) is 0 Å². The predicted octanol–water partition coefficient (Wildman–Crippen LogP) is 1.48. The van der Waals surface area contributed by atoms with E-state index in [9.17, 15) is 0 Å². The largest absolute Gasteiger partial charge is 0.394 e. The van der Waals surface area contributed by atoms with Crippen molar-refractivity contribution in [3.63, 3.8) is 0 Å². The summed E-state index contributed by atoms with van der Waals surface area (Å²) in [5.74, 6) is 0.948. The molecule has 1 aliphatic rings. The van der Waals surface area contributed by atoms with Gasteiger partial charge < -0.3 is 10.2 Å². The van der Waals surface area contributed by atoms with E-state index in [0.717, 1.165) is 12.3 Å². The first kappa shape index (κ1) is 9.75. The lowest BCUT2D eigenvalue weighted by Crippen LogP contribution is -2.10. The summed E-state index contributed by atoms with van der Waals surface area (Å²) in [5, 5.41) is 17.5. The van der Waals surface area contributed by atoms with Gasteiger partial charge in [-0.3, -0.25) is 0 Å². The monoisotopic (exact) mass is 170 g/mol. The van der Waals surface area contributed by atoms with E-state index in [2.05, 4.69) is 12.2 Å². The van der Waals surface area contributed by atoms with Crippen molar-refractivity contribution in [2.45, 2.75) is 38.2 Å². The second-order valence-electron chi connectivity index (χ2n) is 3.56. The highest BCUT2D eigenvalue weighted by molar-refractivity contribution is 4.88. The topological polar surface area (TPSA) is 40.5 Å². The fraction of sp³-hybridized carbons (Fsp3) is 0.800. The van der Waals surface area contributed by atoms with E-state index in [4.69, 9.17) is 10.2 Å². The van der Waals surface area contributed by atoms with Crippen LogP contribution in [0.25, 0.3) is 0 Å². The molecule has 70 valence electrons. The van der Waals surface area contributed by atoms with Crippen molar-refractivity contribution in [3.05, 3.63) is 12.2 Å². The highest BCUT2D eigenvalue weighted by Gasteiger charge is 2.18. The third-order valence-corrected chi connectivity index (χ3v) is 2.21. The minimum atomic E-state index is -0.532. The van der Waals surface area contributed by atoms with Gasteiger partial charge in [-0.2, -0.15) is 0 Å². The maximum Gasteiger partial charge on any atom is 0.0773 e. The van der Waals surface area contributed by atoms with Gasteiger partial charge in [0.05, 0.1) is 12.7 Å². The Balaban J connectivity index is 1.89. The van der Waals surface area contributed by atoms with Crippen LogP contribution in [-0.2, 0) is 0 Å². The third kappa shape index (κ3) is 4.52. The van der Waals surface area contributed by atoms with E-state index >= 15 is 0 Å². The van der Waals surface area contributed by atoms with E-state index in [1.165, 1.54) is 19.3 Å². The molecule has 1 atom stereocenters. The first-order valence-corrected chi connectivity index (χ1v) is 4.77. The molecule has 0 bridgehead atoms. The number of allylic oxidation sites excluding steroid dienone is 2. The molecule has 1 unspecified atom stereocenters. The predicted molar refractivity (Wildman–Crippen MR) is 48.8 cm³/mol. The molecule has 2 nitrogen and oxygen atoms in total. The Morgan fingerprint density at radius 1 is 1.33 bits per heavy atom. The molecule has 0 heterocycles. The van der Waals surface area contributed by atoms with E-state index in [1.54, 1.807) is 0 Å². The van der Waals surface area contributed by atoms with Crippen molar-refractivity contribution in [2.24, 2.45) is 5.92 Å². The summed E-state index contributed by atoms with van der Waals surface area (Å²) in [6, 6.07) is 0. The van der Waals surface area contributed by atoms with Crippen LogP contribution in [0.1, 0.15) is 32.1 Å². The summed E-state index contributed by atoms with van der Waals surface area (Å²) < 4.78 is 0. The van der Waals surface area contributed by atoms with Crippen LogP contribution >= 0.6 is 0 Å². The second-order valence-corrected chi connectivity index (χ2v) is 3.56. The van der Waals surface area contributed by atoms with Gasteiger partial charge in [0.2, 0.25) is 0 Å². The third-order valence-electron chi connectivity index (χ3n) is 2.21. The fourth-order valence-electron chi connectivity index (χ4n) is 1.14. The quantitative estimate of drug-likeness (QED) is 0.593. The van der Waals surface area contributed by atoms with Crippen molar-refractivity contribution in [2.75, 3.05) is 6.61 Å². The average Bonchev–Trinajstić information content (AvgIpc) is 2.87. The minimum absolute atomic E-state index is 0.115. The van der Waals surface area contributed by atoms with Crippen molar-refractivity contribution in [1.29, 1.82) is 0 Å². The van der Waals surface area contributed by atoms with Gasteiger partial charge in [-0.05, 0) is 38.0 Å². The molecule has 0 spiro atoms. The van der Waals surface area contributed by atoms with Gasteiger partial charge >= 0.3 is 0 Å². The molecular formula is C10H18O2. The molecular weight excluding hydrogens is 152 g/mol. The Hall–Kier alpha value is -0.340. The normalized spacial score (nSPS) is 20.2. The molecule has 1 aliphatic carbocycles. The first-order chi connectivity index (χ1) is 5.83. The van der Waals surface area contributed by atoms with E-state index in [0.29, 0.717) is 6.42 Å². The molecule has 0 radical (unpaired) electrons. The molecule has 2 heteroatoms. The highest BCUT2D eigenvalue weighted by atomic mass is 16.3. The lowest BCUT2D eigenvalue weighted by molar-refractivity contribution is 0.0891. The molecule has 1 rings (SSSR count). The Morgan fingerprint density at radius 2 is 2.08 bits per heavy atom. The molecule has 2 N–H and O–H groups in total. The SMILES string of the molecule is OCC(O)CC/C=C/CC1CC1. The summed E-state index contributed by atoms with van der Waals surface area (Å²) in [7, 11) is 0. The number of hydrogen-bond donors (Lipinski definition) is 2. The highest BCUT2D eigenvalue weighted by Crippen LogP contribution is 2.32. The zero-order valence-electron chi connectivity index (χ0n) is 7.45. The van der Waals surface area contributed by atoms with Crippen LogP contribution in [0.2, 0.25) is 0 Å². The zero-order chi connectivity index (χ0) is 8.81.